The van der Waals surface area contributed by atoms with Crippen LogP contribution in [-0.2, 0) is 24.4 Å². The minimum absolute atomic E-state index is 0. The molecule has 1 aliphatic rings. The zero-order valence-electron chi connectivity index (χ0n) is 29.8. The van der Waals surface area contributed by atoms with E-state index in [1.807, 2.05) is 61.3 Å². The molecule has 1 saturated heterocycles. The van der Waals surface area contributed by atoms with Gasteiger partial charge in [-0.1, -0.05) is 71.8 Å². The molecule has 0 atom stereocenters. The van der Waals surface area contributed by atoms with E-state index in [1.165, 1.54) is 16.7 Å². The highest BCUT2D eigenvalue weighted by atomic mass is 35.5. The van der Waals surface area contributed by atoms with Gasteiger partial charge in [0.2, 0.25) is 17.7 Å². The summed E-state index contributed by atoms with van der Waals surface area (Å²) in [6.45, 7) is 10.9. The van der Waals surface area contributed by atoms with Crippen LogP contribution in [0.5, 0.6) is 23.3 Å². The fraction of sp³-hybridized carbons (Fsp3) is 0.262. The molecule has 52 heavy (non-hydrogen) atoms. The first-order valence-electron chi connectivity index (χ1n) is 17.2. The van der Waals surface area contributed by atoms with Crippen LogP contribution in [0, 0.1) is 20.8 Å². The van der Waals surface area contributed by atoms with Crippen LogP contribution in [0.3, 0.4) is 0 Å². The number of benzene rings is 3. The number of carbonyl (C=O) groups excluding carboxylic acids is 1. The summed E-state index contributed by atoms with van der Waals surface area (Å²) in [5.74, 6) is 2.23. The number of rotatable bonds is 13. The summed E-state index contributed by atoms with van der Waals surface area (Å²) in [6, 6.07) is 28.1. The summed E-state index contributed by atoms with van der Waals surface area (Å²) >= 11 is 6.63. The van der Waals surface area contributed by atoms with Crippen LogP contribution >= 0.6 is 24.0 Å². The Morgan fingerprint density at radius 1 is 0.769 bits per heavy atom. The third-order valence-electron chi connectivity index (χ3n) is 8.75. The zero-order valence-corrected chi connectivity index (χ0v) is 31.3. The lowest BCUT2D eigenvalue weighted by atomic mass is 10.1. The van der Waals surface area contributed by atoms with E-state index in [0.717, 1.165) is 48.3 Å². The SMILES string of the molecule is Cc1ccc(COc2ccc(Oc3c(C)cc(C=CC(=O)N4CCN(Cc5ccc(CCOc6ccc(C)cn6)cc5)CC4)cc3Cl)nc2)cc1.Cl. The molecule has 10 heteroatoms. The molecule has 1 amide bonds. The number of aromatic nitrogens is 2. The van der Waals surface area contributed by atoms with Crippen LogP contribution in [-0.4, -0.2) is 58.5 Å². The van der Waals surface area contributed by atoms with Crippen LogP contribution in [0.1, 0.15) is 38.9 Å². The van der Waals surface area contributed by atoms with Crippen molar-refractivity contribution >= 4 is 36.0 Å². The normalized spacial score (nSPS) is 13.1. The lowest BCUT2D eigenvalue weighted by Gasteiger charge is -2.34. The van der Waals surface area contributed by atoms with Crippen molar-refractivity contribution in [2.45, 2.75) is 40.3 Å². The van der Waals surface area contributed by atoms with Crippen LogP contribution in [0.4, 0.5) is 0 Å². The van der Waals surface area contributed by atoms with Crippen LogP contribution in [0.25, 0.3) is 6.08 Å². The number of ether oxygens (including phenoxy) is 3. The summed E-state index contributed by atoms with van der Waals surface area (Å²) in [5, 5.41) is 0.443. The van der Waals surface area contributed by atoms with Crippen molar-refractivity contribution in [2.75, 3.05) is 32.8 Å². The van der Waals surface area contributed by atoms with Gasteiger partial charge in [-0.15, -0.1) is 12.4 Å². The van der Waals surface area contributed by atoms with Gasteiger partial charge in [0, 0.05) is 63.6 Å². The Morgan fingerprint density at radius 2 is 1.44 bits per heavy atom. The average Bonchev–Trinajstić information content (AvgIpc) is 3.14. The monoisotopic (exact) mass is 738 g/mol. The topological polar surface area (TPSA) is 77.0 Å². The van der Waals surface area contributed by atoms with E-state index in [1.54, 1.807) is 30.5 Å². The molecule has 0 aliphatic carbocycles. The lowest BCUT2D eigenvalue weighted by molar-refractivity contribution is -0.127. The predicted octanol–water partition coefficient (Wildman–Crippen LogP) is 8.83. The maximum atomic E-state index is 13.0. The Balaban J connectivity index is 0.00000523. The van der Waals surface area contributed by atoms with E-state index in [4.69, 9.17) is 25.8 Å². The molecule has 1 fully saturated rings. The van der Waals surface area contributed by atoms with Crippen LogP contribution in [0.15, 0.2) is 103 Å². The molecule has 1 aliphatic heterocycles. The Bertz CT molecular complexity index is 1900. The molecule has 270 valence electrons. The summed E-state index contributed by atoms with van der Waals surface area (Å²) in [4.78, 5) is 26.0. The number of hydrogen-bond acceptors (Lipinski definition) is 7. The van der Waals surface area contributed by atoms with Gasteiger partial charge in [0.15, 0.2) is 5.75 Å². The van der Waals surface area contributed by atoms with Crippen molar-refractivity contribution in [2.24, 2.45) is 0 Å². The highest BCUT2D eigenvalue weighted by Crippen LogP contribution is 2.34. The highest BCUT2D eigenvalue weighted by Gasteiger charge is 2.20. The van der Waals surface area contributed by atoms with Crippen molar-refractivity contribution < 1.29 is 19.0 Å². The third kappa shape index (κ3) is 11.1. The molecule has 0 saturated carbocycles. The lowest BCUT2D eigenvalue weighted by Crippen LogP contribution is -2.47. The molecule has 0 bridgehead atoms. The third-order valence-corrected chi connectivity index (χ3v) is 9.03. The number of amides is 1. The van der Waals surface area contributed by atoms with Crippen molar-refractivity contribution in [1.82, 2.24) is 19.8 Å². The second-order valence-corrected chi connectivity index (χ2v) is 13.3. The van der Waals surface area contributed by atoms with Gasteiger partial charge in [-0.25, -0.2) is 9.97 Å². The van der Waals surface area contributed by atoms with Gasteiger partial charge >= 0.3 is 0 Å². The predicted molar refractivity (Wildman–Crippen MR) is 209 cm³/mol. The number of halogens is 2. The van der Waals surface area contributed by atoms with Gasteiger partial charge in [0.25, 0.3) is 0 Å². The van der Waals surface area contributed by atoms with E-state index < -0.39 is 0 Å². The molecule has 5 aromatic rings. The molecule has 0 spiro atoms. The Morgan fingerprint density at radius 3 is 2.12 bits per heavy atom. The quantitative estimate of drug-likeness (QED) is 0.112. The number of piperazine rings is 1. The Labute approximate surface area is 317 Å². The maximum absolute atomic E-state index is 13.0. The summed E-state index contributed by atoms with van der Waals surface area (Å²) in [5.41, 5.74) is 7.57. The minimum atomic E-state index is -0.00921. The molecule has 6 rings (SSSR count). The molecule has 2 aromatic heterocycles. The number of aryl methyl sites for hydroxylation is 3. The van der Waals surface area contributed by atoms with Crippen LogP contribution < -0.4 is 14.2 Å². The average molecular weight is 740 g/mol. The maximum Gasteiger partial charge on any atom is 0.246 e. The van der Waals surface area contributed by atoms with Crippen molar-refractivity contribution in [1.29, 1.82) is 0 Å². The molecular formula is C42H44Cl2N4O4. The molecule has 3 aromatic carbocycles. The smallest absolute Gasteiger partial charge is 0.246 e. The van der Waals surface area contributed by atoms with Gasteiger partial charge in [-0.2, -0.15) is 0 Å². The van der Waals surface area contributed by atoms with Crippen LogP contribution in [0.2, 0.25) is 5.02 Å². The van der Waals surface area contributed by atoms with E-state index in [9.17, 15) is 4.79 Å². The minimum Gasteiger partial charge on any atom is -0.487 e. The summed E-state index contributed by atoms with van der Waals surface area (Å²) < 4.78 is 17.7. The van der Waals surface area contributed by atoms with Gasteiger partial charge in [0.1, 0.15) is 12.4 Å². The Kier molecular flexibility index (Phi) is 13.7. The van der Waals surface area contributed by atoms with Gasteiger partial charge in [-0.05, 0) is 78.4 Å². The molecular weight excluding hydrogens is 695 g/mol. The second kappa shape index (κ2) is 18.6. The highest BCUT2D eigenvalue weighted by molar-refractivity contribution is 6.32. The molecule has 8 nitrogen and oxygen atoms in total. The number of hydrogen-bond donors (Lipinski definition) is 0. The Hall–Kier alpha value is -4.89. The summed E-state index contributed by atoms with van der Waals surface area (Å²) in [6.07, 6.45) is 7.70. The second-order valence-electron chi connectivity index (χ2n) is 12.9. The van der Waals surface area contributed by atoms with E-state index >= 15 is 0 Å². The fourth-order valence-electron chi connectivity index (χ4n) is 5.73. The molecule has 0 radical (unpaired) electrons. The van der Waals surface area contributed by atoms with E-state index in [2.05, 4.69) is 58.2 Å². The molecule has 3 heterocycles. The first-order chi connectivity index (χ1) is 24.8. The number of carbonyl (C=O) groups is 1. The van der Waals surface area contributed by atoms with Gasteiger partial charge in [-0.3, -0.25) is 9.69 Å². The molecule has 0 unspecified atom stereocenters. The first kappa shape index (κ1) is 38.3. The number of nitrogens with zero attached hydrogens (tertiary/aromatic N) is 4. The standard InChI is InChI=1S/C42H43ClN4O4.ClH/c1-30-4-7-35(8-5-30)29-50-37-14-16-40(45-27-37)51-42-32(3)24-36(25-38(42)43)13-17-41(48)47-21-19-46(20-22-47)28-34-11-9-33(10-12-34)18-23-49-39-15-6-31(2)26-44-39;/h4-17,24-27H,18-23,28-29H2,1-3H3;1H. The number of pyridine rings is 2. The zero-order chi connectivity index (χ0) is 35.6. The fourth-order valence-corrected chi connectivity index (χ4v) is 6.05. The molecule has 0 N–H and O–H groups in total. The van der Waals surface area contributed by atoms with Gasteiger partial charge in [0.05, 0.1) is 17.8 Å². The van der Waals surface area contributed by atoms with E-state index in [0.29, 0.717) is 54.6 Å². The first-order valence-corrected chi connectivity index (χ1v) is 17.6. The summed E-state index contributed by atoms with van der Waals surface area (Å²) in [7, 11) is 0. The van der Waals surface area contributed by atoms with Crippen molar-refractivity contribution in [3.63, 3.8) is 0 Å². The van der Waals surface area contributed by atoms with Gasteiger partial charge < -0.3 is 19.1 Å². The van der Waals surface area contributed by atoms with Crippen molar-refractivity contribution in [3.05, 3.63) is 147 Å². The largest absolute Gasteiger partial charge is 0.487 e. The van der Waals surface area contributed by atoms with E-state index in [-0.39, 0.29) is 18.3 Å². The van der Waals surface area contributed by atoms with Crippen molar-refractivity contribution in [3.8, 4) is 23.3 Å².